The van der Waals surface area contributed by atoms with Crippen LogP contribution < -0.4 is 5.32 Å². The molecular weight excluding hydrogens is 225 g/mol. The van der Waals surface area contributed by atoms with Gasteiger partial charge >= 0.3 is 0 Å². The van der Waals surface area contributed by atoms with Crippen LogP contribution in [-0.2, 0) is 0 Å². The molecule has 2 heteroatoms. The standard InChI is InChI=1S/C7H16IN/c1-4-5-7(2,3)9-6-8/h9H,4-6H2,1-3H3. The van der Waals surface area contributed by atoms with Crippen LogP contribution in [0.15, 0.2) is 0 Å². The first kappa shape index (κ1) is 9.69. The molecule has 0 fully saturated rings. The van der Waals surface area contributed by atoms with Gasteiger partial charge in [-0.15, -0.1) is 0 Å². The average molecular weight is 241 g/mol. The summed E-state index contributed by atoms with van der Waals surface area (Å²) in [6.07, 6.45) is 2.52. The molecule has 0 unspecified atom stereocenters. The first-order chi connectivity index (χ1) is 4.12. The van der Waals surface area contributed by atoms with Crippen molar-refractivity contribution in [3.8, 4) is 0 Å². The molecule has 0 aromatic rings. The van der Waals surface area contributed by atoms with E-state index in [2.05, 4.69) is 48.7 Å². The molecule has 0 aliphatic rings. The first-order valence-electron chi connectivity index (χ1n) is 3.43. The first-order valence-corrected chi connectivity index (χ1v) is 4.96. The van der Waals surface area contributed by atoms with Crippen molar-refractivity contribution >= 4 is 22.6 Å². The summed E-state index contributed by atoms with van der Waals surface area (Å²) < 4.78 is 1.05. The van der Waals surface area contributed by atoms with Crippen LogP contribution in [0.25, 0.3) is 0 Å². The van der Waals surface area contributed by atoms with E-state index >= 15 is 0 Å². The lowest BCUT2D eigenvalue weighted by Crippen LogP contribution is -2.37. The Hall–Kier alpha value is 0.690. The highest BCUT2D eigenvalue weighted by molar-refractivity contribution is 14.1. The van der Waals surface area contributed by atoms with E-state index in [1.165, 1.54) is 12.8 Å². The molecule has 0 aliphatic carbocycles. The van der Waals surface area contributed by atoms with Crippen molar-refractivity contribution in [3.63, 3.8) is 0 Å². The molecule has 1 nitrogen and oxygen atoms in total. The molecule has 0 aromatic heterocycles. The van der Waals surface area contributed by atoms with Crippen LogP contribution in [0, 0.1) is 0 Å². The second kappa shape index (κ2) is 4.50. The summed E-state index contributed by atoms with van der Waals surface area (Å²) in [6, 6.07) is 0. The second-order valence-corrected chi connectivity index (χ2v) is 3.71. The zero-order valence-electron chi connectivity index (χ0n) is 6.50. The largest absolute Gasteiger partial charge is 0.303 e. The third kappa shape index (κ3) is 5.15. The van der Waals surface area contributed by atoms with E-state index in [0.717, 1.165) is 4.55 Å². The minimum atomic E-state index is 0.343. The van der Waals surface area contributed by atoms with Gasteiger partial charge in [0.2, 0.25) is 0 Å². The van der Waals surface area contributed by atoms with Gasteiger partial charge in [-0.25, -0.2) is 0 Å². The van der Waals surface area contributed by atoms with E-state index in [0.29, 0.717) is 5.54 Å². The fourth-order valence-electron chi connectivity index (χ4n) is 0.894. The molecule has 0 rings (SSSR count). The number of hydrogen-bond donors (Lipinski definition) is 1. The van der Waals surface area contributed by atoms with Crippen LogP contribution in [-0.4, -0.2) is 10.1 Å². The summed E-state index contributed by atoms with van der Waals surface area (Å²) in [5, 5.41) is 3.41. The van der Waals surface area contributed by atoms with Crippen molar-refractivity contribution in [1.82, 2.24) is 5.32 Å². The monoisotopic (exact) mass is 241 g/mol. The molecular formula is C7H16IN. The maximum atomic E-state index is 3.41. The minimum absolute atomic E-state index is 0.343. The van der Waals surface area contributed by atoms with Gasteiger partial charge in [0.15, 0.2) is 0 Å². The van der Waals surface area contributed by atoms with Gasteiger partial charge in [-0.1, -0.05) is 35.9 Å². The Bertz CT molecular complexity index is 63.3. The van der Waals surface area contributed by atoms with Crippen molar-refractivity contribution in [1.29, 1.82) is 0 Å². The Morgan fingerprint density at radius 3 is 2.33 bits per heavy atom. The molecule has 0 amide bonds. The molecule has 0 saturated heterocycles. The van der Waals surface area contributed by atoms with Gasteiger partial charge in [-0.2, -0.15) is 0 Å². The molecule has 0 atom stereocenters. The van der Waals surface area contributed by atoms with Crippen molar-refractivity contribution in [3.05, 3.63) is 0 Å². The number of hydrogen-bond acceptors (Lipinski definition) is 1. The normalized spacial score (nSPS) is 12.0. The highest BCUT2D eigenvalue weighted by Gasteiger charge is 2.13. The summed E-state index contributed by atoms with van der Waals surface area (Å²) in [4.78, 5) is 0. The molecule has 0 aliphatic heterocycles. The van der Waals surface area contributed by atoms with Gasteiger partial charge in [0.05, 0.1) is 0 Å². The number of halogens is 1. The lowest BCUT2D eigenvalue weighted by atomic mass is 10.00. The smallest absolute Gasteiger partial charge is 0.0484 e. The van der Waals surface area contributed by atoms with Crippen molar-refractivity contribution in [2.24, 2.45) is 0 Å². The topological polar surface area (TPSA) is 12.0 Å². The van der Waals surface area contributed by atoms with Gasteiger partial charge in [0.1, 0.15) is 0 Å². The maximum absolute atomic E-state index is 3.41. The maximum Gasteiger partial charge on any atom is 0.0484 e. The Morgan fingerprint density at radius 1 is 1.44 bits per heavy atom. The summed E-state index contributed by atoms with van der Waals surface area (Å²) in [7, 11) is 0. The summed E-state index contributed by atoms with van der Waals surface area (Å²) in [5.74, 6) is 0. The zero-order valence-corrected chi connectivity index (χ0v) is 8.66. The van der Waals surface area contributed by atoms with Gasteiger partial charge in [-0.3, -0.25) is 0 Å². The predicted molar refractivity (Wildman–Crippen MR) is 51.0 cm³/mol. The number of rotatable bonds is 4. The zero-order chi connectivity index (χ0) is 7.33. The summed E-state index contributed by atoms with van der Waals surface area (Å²) in [5.41, 5.74) is 0.343. The van der Waals surface area contributed by atoms with Crippen molar-refractivity contribution in [2.75, 3.05) is 4.55 Å². The predicted octanol–water partition coefficient (Wildman–Crippen LogP) is 2.55. The molecule has 0 aromatic carbocycles. The molecule has 0 bridgehead atoms. The van der Waals surface area contributed by atoms with Crippen LogP contribution in [0.5, 0.6) is 0 Å². The lowest BCUT2D eigenvalue weighted by molar-refractivity contribution is 0.386. The van der Waals surface area contributed by atoms with E-state index in [1.54, 1.807) is 0 Å². The van der Waals surface area contributed by atoms with Gasteiger partial charge in [0.25, 0.3) is 0 Å². The van der Waals surface area contributed by atoms with E-state index in [1.807, 2.05) is 0 Å². The molecule has 9 heavy (non-hydrogen) atoms. The molecule has 0 spiro atoms. The van der Waals surface area contributed by atoms with Crippen LogP contribution in [0.3, 0.4) is 0 Å². The molecule has 56 valence electrons. The van der Waals surface area contributed by atoms with Gasteiger partial charge in [-0.05, 0) is 20.3 Å². The van der Waals surface area contributed by atoms with Crippen LogP contribution in [0.2, 0.25) is 0 Å². The Kier molecular flexibility index (Phi) is 4.84. The average Bonchev–Trinajstić information content (AvgIpc) is 1.64. The van der Waals surface area contributed by atoms with Crippen molar-refractivity contribution < 1.29 is 0 Å². The quantitative estimate of drug-likeness (QED) is 0.453. The fourth-order valence-corrected chi connectivity index (χ4v) is 1.93. The SMILES string of the molecule is CCCC(C)(C)NCI. The molecule has 0 radical (unpaired) electrons. The van der Waals surface area contributed by atoms with Gasteiger partial charge < -0.3 is 5.32 Å². The van der Waals surface area contributed by atoms with Gasteiger partial charge in [0, 0.05) is 10.1 Å². The van der Waals surface area contributed by atoms with E-state index < -0.39 is 0 Å². The Morgan fingerprint density at radius 2 is 2.00 bits per heavy atom. The third-order valence-corrected chi connectivity index (χ3v) is 1.80. The highest BCUT2D eigenvalue weighted by atomic mass is 127. The molecule has 0 saturated carbocycles. The molecule has 1 N–H and O–H groups in total. The Labute approximate surface area is 71.7 Å². The second-order valence-electron chi connectivity index (χ2n) is 2.94. The van der Waals surface area contributed by atoms with Crippen molar-refractivity contribution in [2.45, 2.75) is 39.2 Å². The Balaban J connectivity index is 3.43. The van der Waals surface area contributed by atoms with E-state index in [9.17, 15) is 0 Å². The summed E-state index contributed by atoms with van der Waals surface area (Å²) >= 11 is 2.34. The van der Waals surface area contributed by atoms with E-state index in [4.69, 9.17) is 0 Å². The number of alkyl halides is 1. The lowest BCUT2D eigenvalue weighted by Gasteiger charge is -2.24. The number of nitrogens with one attached hydrogen (secondary N) is 1. The van der Waals surface area contributed by atoms with E-state index in [-0.39, 0.29) is 0 Å². The fraction of sp³-hybridized carbons (Fsp3) is 1.00. The third-order valence-electron chi connectivity index (χ3n) is 1.42. The van der Waals surface area contributed by atoms with Crippen LogP contribution in [0.1, 0.15) is 33.6 Å². The molecule has 0 heterocycles. The van der Waals surface area contributed by atoms with Crippen LogP contribution >= 0.6 is 22.6 Å². The van der Waals surface area contributed by atoms with Crippen LogP contribution in [0.4, 0.5) is 0 Å². The minimum Gasteiger partial charge on any atom is -0.303 e. The summed E-state index contributed by atoms with van der Waals surface area (Å²) in [6.45, 7) is 6.71. The highest BCUT2D eigenvalue weighted by Crippen LogP contribution is 2.10.